The molecule has 1 aliphatic heterocycles. The Morgan fingerprint density at radius 3 is 2.86 bits per heavy atom. The van der Waals surface area contributed by atoms with Crippen LogP contribution >= 0.6 is 11.3 Å². The van der Waals surface area contributed by atoms with Crippen molar-refractivity contribution in [3.05, 3.63) is 40.3 Å². The summed E-state index contributed by atoms with van der Waals surface area (Å²) in [6.45, 7) is 0.0462. The van der Waals surface area contributed by atoms with Crippen molar-refractivity contribution in [3.8, 4) is 11.5 Å². The van der Waals surface area contributed by atoms with E-state index in [1.54, 1.807) is 29.7 Å². The molecule has 0 spiro atoms. The summed E-state index contributed by atoms with van der Waals surface area (Å²) in [5, 5.41) is 3.02. The van der Waals surface area contributed by atoms with Gasteiger partial charge in [0.25, 0.3) is 0 Å². The molecule has 0 saturated carbocycles. The Labute approximate surface area is 171 Å². The molecule has 5 nitrogen and oxygen atoms in total. The van der Waals surface area contributed by atoms with Gasteiger partial charge in [0.1, 0.15) is 0 Å². The van der Waals surface area contributed by atoms with Gasteiger partial charge in [-0.05, 0) is 37.0 Å². The largest absolute Gasteiger partial charge is 0.493 e. The van der Waals surface area contributed by atoms with Crippen LogP contribution in [-0.2, 0) is 11.2 Å². The highest BCUT2D eigenvalue weighted by Gasteiger charge is 2.29. The smallest absolute Gasteiger partial charge is 0.422 e. The van der Waals surface area contributed by atoms with Gasteiger partial charge in [-0.3, -0.25) is 4.79 Å². The number of carbonyl (C=O) groups excluding carboxylic acids is 1. The van der Waals surface area contributed by atoms with E-state index in [1.807, 2.05) is 10.3 Å². The number of carbonyl (C=O) groups is 1. The number of halogens is 3. The summed E-state index contributed by atoms with van der Waals surface area (Å²) in [6.07, 6.45) is 0.171. The standard InChI is InChI=1S/C20H23F3N2O3S/c1-27-17-11-14(4-6-16(17)28-13-20(21,22)23)5-7-18(26)25-9-2-3-15(12-25)19-24-8-10-29-19/h4,6,8,10-11,15H,2-3,5,7,9,12-13H2,1H3. The van der Waals surface area contributed by atoms with Gasteiger partial charge in [-0.15, -0.1) is 11.3 Å². The van der Waals surface area contributed by atoms with Crippen LogP contribution in [-0.4, -0.2) is 48.8 Å². The molecule has 0 aliphatic carbocycles. The number of rotatable bonds is 7. The van der Waals surface area contributed by atoms with Crippen LogP contribution in [0.4, 0.5) is 13.2 Å². The van der Waals surface area contributed by atoms with Crippen LogP contribution in [0.25, 0.3) is 0 Å². The Kier molecular flexibility index (Phi) is 7.00. The predicted octanol–water partition coefficient (Wildman–Crippen LogP) is 4.43. The number of hydrogen-bond donors (Lipinski definition) is 0. The van der Waals surface area contributed by atoms with Crippen LogP contribution in [0.3, 0.4) is 0 Å². The summed E-state index contributed by atoms with van der Waals surface area (Å²) in [7, 11) is 1.37. The van der Waals surface area contributed by atoms with Gasteiger partial charge in [0, 0.05) is 37.0 Å². The normalized spacial score (nSPS) is 17.2. The molecule has 1 atom stereocenters. The van der Waals surface area contributed by atoms with E-state index in [1.165, 1.54) is 13.2 Å². The lowest BCUT2D eigenvalue weighted by Crippen LogP contribution is -2.39. The van der Waals surface area contributed by atoms with Crippen molar-refractivity contribution in [2.75, 3.05) is 26.8 Å². The average molecular weight is 428 g/mol. The van der Waals surface area contributed by atoms with E-state index >= 15 is 0 Å². The molecule has 2 heterocycles. The monoisotopic (exact) mass is 428 g/mol. The number of likely N-dealkylation sites (tertiary alicyclic amines) is 1. The quantitative estimate of drug-likeness (QED) is 0.655. The number of alkyl halides is 3. The molecule has 9 heteroatoms. The second kappa shape index (κ2) is 9.47. The lowest BCUT2D eigenvalue weighted by Gasteiger charge is -2.32. The molecule has 1 saturated heterocycles. The first kappa shape index (κ1) is 21.4. The predicted molar refractivity (Wildman–Crippen MR) is 104 cm³/mol. The zero-order valence-corrected chi connectivity index (χ0v) is 16.9. The molecule has 1 unspecified atom stereocenters. The van der Waals surface area contributed by atoms with Crippen LogP contribution in [0.15, 0.2) is 29.8 Å². The SMILES string of the molecule is COc1cc(CCC(=O)N2CCCC(c3nccs3)C2)ccc1OCC(F)(F)F. The topological polar surface area (TPSA) is 51.7 Å². The van der Waals surface area contributed by atoms with E-state index in [2.05, 4.69) is 4.98 Å². The first-order valence-corrected chi connectivity index (χ1v) is 10.3. The lowest BCUT2D eigenvalue weighted by atomic mass is 9.98. The minimum atomic E-state index is -4.42. The maximum Gasteiger partial charge on any atom is 0.422 e. The molecule has 0 N–H and O–H groups in total. The van der Waals surface area contributed by atoms with Crippen LogP contribution < -0.4 is 9.47 Å². The van der Waals surface area contributed by atoms with E-state index < -0.39 is 12.8 Å². The molecule has 29 heavy (non-hydrogen) atoms. The summed E-state index contributed by atoms with van der Waals surface area (Å²) in [6, 6.07) is 4.73. The zero-order chi connectivity index (χ0) is 20.9. The van der Waals surface area contributed by atoms with E-state index in [4.69, 9.17) is 9.47 Å². The van der Waals surface area contributed by atoms with Gasteiger partial charge in [-0.2, -0.15) is 13.2 Å². The van der Waals surface area contributed by atoms with Crippen molar-refractivity contribution in [3.63, 3.8) is 0 Å². The van der Waals surface area contributed by atoms with Crippen molar-refractivity contribution in [1.82, 2.24) is 9.88 Å². The molecule has 1 aliphatic rings. The number of ether oxygens (including phenoxy) is 2. The number of piperidine rings is 1. The van der Waals surface area contributed by atoms with E-state index in [0.717, 1.165) is 30.0 Å². The molecule has 1 amide bonds. The third-order valence-electron chi connectivity index (χ3n) is 4.82. The minimum Gasteiger partial charge on any atom is -0.493 e. The second-order valence-electron chi connectivity index (χ2n) is 6.94. The molecule has 1 aromatic carbocycles. The third-order valence-corrected chi connectivity index (χ3v) is 5.76. The van der Waals surface area contributed by atoms with Gasteiger partial charge in [-0.1, -0.05) is 6.07 Å². The Bertz CT molecular complexity index is 812. The first-order chi connectivity index (χ1) is 13.9. The van der Waals surface area contributed by atoms with E-state index in [0.29, 0.717) is 19.4 Å². The molecular formula is C20H23F3N2O3S. The number of thiazole rings is 1. The van der Waals surface area contributed by atoms with Crippen molar-refractivity contribution in [1.29, 1.82) is 0 Å². The van der Waals surface area contributed by atoms with Gasteiger partial charge in [0.15, 0.2) is 18.1 Å². The van der Waals surface area contributed by atoms with Gasteiger partial charge in [0.2, 0.25) is 5.91 Å². The van der Waals surface area contributed by atoms with Crippen molar-refractivity contribution < 1.29 is 27.4 Å². The van der Waals surface area contributed by atoms with Crippen LogP contribution in [0, 0.1) is 0 Å². The Morgan fingerprint density at radius 1 is 1.34 bits per heavy atom. The van der Waals surface area contributed by atoms with Crippen LogP contribution in [0.5, 0.6) is 11.5 Å². The first-order valence-electron chi connectivity index (χ1n) is 9.39. The van der Waals surface area contributed by atoms with Crippen LogP contribution in [0.2, 0.25) is 0 Å². The highest BCUT2D eigenvalue weighted by atomic mass is 32.1. The second-order valence-corrected chi connectivity index (χ2v) is 7.86. The Balaban J connectivity index is 1.55. The van der Waals surface area contributed by atoms with E-state index in [-0.39, 0.29) is 23.3 Å². The summed E-state index contributed by atoms with van der Waals surface area (Å²) in [5.41, 5.74) is 0.808. The van der Waals surface area contributed by atoms with Gasteiger partial charge in [0.05, 0.1) is 12.1 Å². The summed E-state index contributed by atoms with van der Waals surface area (Å²) < 4.78 is 47.0. The number of aryl methyl sites for hydroxylation is 1. The highest BCUT2D eigenvalue weighted by Crippen LogP contribution is 2.31. The van der Waals surface area contributed by atoms with E-state index in [9.17, 15) is 18.0 Å². The van der Waals surface area contributed by atoms with Crippen molar-refractivity contribution in [2.24, 2.45) is 0 Å². The summed E-state index contributed by atoms with van der Waals surface area (Å²) in [5.74, 6) is 0.615. The van der Waals surface area contributed by atoms with Gasteiger partial charge < -0.3 is 14.4 Å². The van der Waals surface area contributed by atoms with Gasteiger partial charge in [-0.25, -0.2) is 4.98 Å². The maximum absolute atomic E-state index is 12.6. The molecular weight excluding hydrogens is 405 g/mol. The fourth-order valence-corrected chi connectivity index (χ4v) is 4.16. The summed E-state index contributed by atoms with van der Waals surface area (Å²) >= 11 is 1.62. The number of amides is 1. The molecule has 2 aromatic rings. The zero-order valence-electron chi connectivity index (χ0n) is 16.1. The minimum absolute atomic E-state index is 0.0298. The average Bonchev–Trinajstić information content (AvgIpc) is 3.25. The Hall–Kier alpha value is -2.29. The van der Waals surface area contributed by atoms with Crippen molar-refractivity contribution in [2.45, 2.75) is 37.8 Å². The van der Waals surface area contributed by atoms with Gasteiger partial charge >= 0.3 is 6.18 Å². The molecule has 0 bridgehead atoms. The maximum atomic E-state index is 12.6. The van der Waals surface area contributed by atoms with Crippen LogP contribution in [0.1, 0.15) is 35.8 Å². The fourth-order valence-electron chi connectivity index (χ4n) is 3.40. The highest BCUT2D eigenvalue weighted by molar-refractivity contribution is 7.09. The molecule has 3 rings (SSSR count). The molecule has 0 radical (unpaired) electrons. The number of methoxy groups -OCH3 is 1. The molecule has 158 valence electrons. The fraction of sp³-hybridized carbons (Fsp3) is 0.500. The van der Waals surface area contributed by atoms with Crippen molar-refractivity contribution >= 4 is 17.2 Å². The molecule has 1 fully saturated rings. The third kappa shape index (κ3) is 6.09. The Morgan fingerprint density at radius 2 is 2.17 bits per heavy atom. The number of aromatic nitrogens is 1. The number of nitrogens with zero attached hydrogens (tertiary/aromatic N) is 2. The number of benzene rings is 1. The number of hydrogen-bond acceptors (Lipinski definition) is 5. The summed E-state index contributed by atoms with van der Waals surface area (Å²) in [4.78, 5) is 18.9. The lowest BCUT2D eigenvalue weighted by molar-refractivity contribution is -0.153. The molecule has 1 aromatic heterocycles.